The monoisotopic (exact) mass is 404 g/mol. The summed E-state index contributed by atoms with van der Waals surface area (Å²) in [5.41, 5.74) is 2.85. The van der Waals surface area contributed by atoms with E-state index in [1.54, 1.807) is 12.3 Å². The summed E-state index contributed by atoms with van der Waals surface area (Å²) in [5, 5.41) is 11.4. The van der Waals surface area contributed by atoms with Crippen molar-refractivity contribution in [3.8, 4) is 5.75 Å². The third kappa shape index (κ3) is 4.17. The van der Waals surface area contributed by atoms with Gasteiger partial charge in [-0.15, -0.1) is 0 Å². The van der Waals surface area contributed by atoms with Gasteiger partial charge in [0.2, 0.25) is 0 Å². The van der Waals surface area contributed by atoms with Crippen molar-refractivity contribution in [1.29, 1.82) is 0 Å². The molecule has 2 aliphatic rings. The molecule has 4 nitrogen and oxygen atoms in total. The molecule has 0 bridgehead atoms. The minimum absolute atomic E-state index is 0.211. The van der Waals surface area contributed by atoms with E-state index in [0.29, 0.717) is 18.4 Å². The molecular weight excluding hydrogens is 379 g/mol. The number of halogens is 2. The van der Waals surface area contributed by atoms with E-state index in [9.17, 15) is 9.50 Å². The lowest BCUT2D eigenvalue weighted by molar-refractivity contribution is -0.0231. The Hall–Kier alpha value is -1.69. The fourth-order valence-corrected chi connectivity index (χ4v) is 4.80. The number of aliphatic hydroxyl groups is 1. The maximum atomic E-state index is 13.4. The van der Waals surface area contributed by atoms with Crippen LogP contribution in [0.15, 0.2) is 30.6 Å². The lowest BCUT2D eigenvalue weighted by Gasteiger charge is -2.35. The molecule has 1 N–H and O–H groups in total. The third-order valence-corrected chi connectivity index (χ3v) is 6.62. The highest BCUT2D eigenvalue weighted by atomic mass is 35.5. The van der Waals surface area contributed by atoms with E-state index in [1.165, 1.54) is 6.20 Å². The maximum absolute atomic E-state index is 13.4. The van der Waals surface area contributed by atoms with E-state index in [2.05, 4.69) is 9.88 Å². The molecule has 0 spiro atoms. The number of fused-ring (bicyclic) bond motifs is 1. The number of likely N-dealkylation sites (tertiary alicyclic amines) is 1. The van der Waals surface area contributed by atoms with Crippen LogP contribution in [-0.2, 0) is 6.54 Å². The van der Waals surface area contributed by atoms with Crippen LogP contribution in [0.2, 0.25) is 5.02 Å². The Morgan fingerprint density at radius 2 is 1.82 bits per heavy atom. The molecule has 1 saturated carbocycles. The molecule has 4 atom stereocenters. The highest BCUT2D eigenvalue weighted by molar-refractivity contribution is 6.32. The van der Waals surface area contributed by atoms with Crippen LogP contribution in [-0.4, -0.2) is 40.3 Å². The first-order valence-corrected chi connectivity index (χ1v) is 10.2. The Balaban J connectivity index is 1.40. The molecule has 6 heteroatoms. The van der Waals surface area contributed by atoms with Gasteiger partial charge in [0.15, 0.2) is 0 Å². The highest BCUT2D eigenvalue weighted by Gasteiger charge is 2.42. The van der Waals surface area contributed by atoms with Crippen molar-refractivity contribution in [2.24, 2.45) is 11.8 Å². The van der Waals surface area contributed by atoms with Gasteiger partial charge in [0.25, 0.3) is 0 Å². The van der Waals surface area contributed by atoms with Crippen LogP contribution in [0.5, 0.6) is 5.75 Å². The smallest absolute Gasteiger partial charge is 0.141 e. The predicted octanol–water partition coefficient (Wildman–Crippen LogP) is 4.14. The van der Waals surface area contributed by atoms with Crippen LogP contribution in [0.1, 0.15) is 29.5 Å². The van der Waals surface area contributed by atoms with Gasteiger partial charge in [-0.2, -0.15) is 0 Å². The zero-order valence-electron chi connectivity index (χ0n) is 16.2. The molecule has 0 unspecified atom stereocenters. The molecule has 1 aliphatic heterocycles. The molecule has 1 saturated heterocycles. The summed E-state index contributed by atoms with van der Waals surface area (Å²) < 4.78 is 19.6. The molecule has 4 rings (SSSR count). The highest BCUT2D eigenvalue weighted by Crippen LogP contribution is 2.39. The number of pyridine rings is 1. The zero-order chi connectivity index (χ0) is 19.8. The molecule has 150 valence electrons. The number of rotatable bonds is 4. The Morgan fingerprint density at radius 1 is 1.14 bits per heavy atom. The first kappa shape index (κ1) is 19.6. The quantitative estimate of drug-likeness (QED) is 0.831. The van der Waals surface area contributed by atoms with Crippen LogP contribution in [0.25, 0.3) is 0 Å². The average Bonchev–Trinajstić information content (AvgIpc) is 3.00. The Morgan fingerprint density at radius 3 is 2.50 bits per heavy atom. The fraction of sp³-hybridized carbons (Fsp3) is 0.500. The number of aryl methyl sites for hydroxylation is 2. The fourth-order valence-electron chi connectivity index (χ4n) is 4.69. The normalized spacial score (nSPS) is 27.6. The van der Waals surface area contributed by atoms with Gasteiger partial charge < -0.3 is 9.84 Å². The Labute approximate surface area is 170 Å². The van der Waals surface area contributed by atoms with Crippen LogP contribution >= 0.6 is 11.6 Å². The van der Waals surface area contributed by atoms with Gasteiger partial charge in [-0.25, -0.2) is 4.39 Å². The summed E-state index contributed by atoms with van der Waals surface area (Å²) in [5.74, 6) is 1.39. The maximum Gasteiger partial charge on any atom is 0.141 e. The number of hydrogen-bond donors (Lipinski definition) is 1. The Kier molecular flexibility index (Phi) is 5.59. The molecule has 1 aromatic heterocycles. The first-order chi connectivity index (χ1) is 13.4. The van der Waals surface area contributed by atoms with Crippen molar-refractivity contribution < 1.29 is 14.2 Å². The summed E-state index contributed by atoms with van der Waals surface area (Å²) >= 11 is 6.25. The van der Waals surface area contributed by atoms with Gasteiger partial charge in [-0.3, -0.25) is 9.88 Å². The van der Waals surface area contributed by atoms with Crippen molar-refractivity contribution >= 4 is 11.6 Å². The van der Waals surface area contributed by atoms with E-state index in [4.69, 9.17) is 16.3 Å². The first-order valence-electron chi connectivity index (χ1n) is 9.82. The molecule has 28 heavy (non-hydrogen) atoms. The summed E-state index contributed by atoms with van der Waals surface area (Å²) in [6, 6.07) is 5.42. The van der Waals surface area contributed by atoms with Gasteiger partial charge in [0, 0.05) is 30.9 Å². The average molecular weight is 405 g/mol. The molecular formula is C22H26ClFN2O2. The Bertz CT molecular complexity index is 839. The van der Waals surface area contributed by atoms with E-state index < -0.39 is 6.10 Å². The number of benzene rings is 1. The van der Waals surface area contributed by atoms with Gasteiger partial charge in [0.05, 0.1) is 12.3 Å². The van der Waals surface area contributed by atoms with Gasteiger partial charge in [0.1, 0.15) is 17.7 Å². The molecule has 2 heterocycles. The molecule has 0 radical (unpaired) electrons. The number of nitrogens with zero attached hydrogens (tertiary/aromatic N) is 2. The van der Waals surface area contributed by atoms with Crippen LogP contribution in [0.4, 0.5) is 4.39 Å². The summed E-state index contributed by atoms with van der Waals surface area (Å²) in [7, 11) is 0. The van der Waals surface area contributed by atoms with E-state index in [0.717, 1.165) is 53.4 Å². The van der Waals surface area contributed by atoms with Gasteiger partial charge in [-0.1, -0.05) is 11.6 Å². The van der Waals surface area contributed by atoms with Crippen molar-refractivity contribution in [3.63, 3.8) is 0 Å². The number of hydrogen-bond acceptors (Lipinski definition) is 4. The second-order valence-corrected chi connectivity index (χ2v) is 8.67. The van der Waals surface area contributed by atoms with Crippen LogP contribution in [0, 0.1) is 31.5 Å². The standard InChI is InChI=1S/C22H26ClFN2O2/c1-13-3-19(4-14(2)22(13)23)28-21-7-17-12-26(11-16(17)6-20(21)27)10-15-5-18(24)9-25-8-15/h3-5,8-9,16-17,20-21,27H,6-7,10-12H2,1-2H3/t16-,17+,20+,21+/m0/s1. The molecule has 1 aromatic carbocycles. The number of aliphatic hydroxyl groups excluding tert-OH is 1. The zero-order valence-corrected chi connectivity index (χ0v) is 17.0. The molecule has 1 aliphatic carbocycles. The van der Waals surface area contributed by atoms with E-state index in [1.807, 2.05) is 26.0 Å². The summed E-state index contributed by atoms with van der Waals surface area (Å²) in [4.78, 5) is 6.27. The predicted molar refractivity (Wildman–Crippen MR) is 107 cm³/mol. The number of aromatic nitrogens is 1. The lowest BCUT2D eigenvalue weighted by atomic mass is 9.78. The van der Waals surface area contributed by atoms with Crippen molar-refractivity contribution in [3.05, 3.63) is 58.1 Å². The SMILES string of the molecule is Cc1cc(O[C@@H]2C[C@@H]3CN(Cc4cncc(F)c4)C[C@@H]3C[C@H]2O)cc(C)c1Cl. The van der Waals surface area contributed by atoms with E-state index >= 15 is 0 Å². The van der Waals surface area contributed by atoms with Gasteiger partial charge >= 0.3 is 0 Å². The minimum Gasteiger partial charge on any atom is -0.488 e. The third-order valence-electron chi connectivity index (χ3n) is 6.03. The second kappa shape index (κ2) is 7.97. The largest absolute Gasteiger partial charge is 0.488 e. The summed E-state index contributed by atoms with van der Waals surface area (Å²) in [6.07, 6.45) is 3.82. The molecule has 2 aromatic rings. The van der Waals surface area contributed by atoms with Crippen molar-refractivity contribution in [1.82, 2.24) is 9.88 Å². The minimum atomic E-state index is -0.478. The van der Waals surface area contributed by atoms with Crippen LogP contribution in [0.3, 0.4) is 0 Å². The lowest BCUT2D eigenvalue weighted by Crippen LogP contribution is -2.42. The van der Waals surface area contributed by atoms with Gasteiger partial charge in [-0.05, 0) is 73.4 Å². The molecule has 0 amide bonds. The summed E-state index contributed by atoms with van der Waals surface area (Å²) in [6.45, 7) is 6.47. The van der Waals surface area contributed by atoms with Crippen LogP contribution < -0.4 is 4.74 Å². The van der Waals surface area contributed by atoms with E-state index in [-0.39, 0.29) is 11.9 Å². The van der Waals surface area contributed by atoms with Crippen molar-refractivity contribution in [2.75, 3.05) is 13.1 Å². The molecule has 2 fully saturated rings. The topological polar surface area (TPSA) is 45.6 Å². The number of ether oxygens (including phenoxy) is 1. The second-order valence-electron chi connectivity index (χ2n) is 8.29. The van der Waals surface area contributed by atoms with Crippen molar-refractivity contribution in [2.45, 2.75) is 45.4 Å².